The molecule has 4 rings (SSSR count). The van der Waals surface area contributed by atoms with Crippen molar-refractivity contribution < 1.29 is 14.1 Å². The molecule has 1 aliphatic carbocycles. The molecule has 0 unspecified atom stereocenters. The number of hydrogen-bond donors (Lipinski definition) is 2. The fraction of sp³-hybridized carbons (Fsp3) is 0.333. The number of azo groups is 1. The first-order valence-electron chi connectivity index (χ1n) is 11.2. The number of halogens is 1. The van der Waals surface area contributed by atoms with Gasteiger partial charge in [-0.25, -0.2) is 0 Å². The number of rotatable bonds is 11. The van der Waals surface area contributed by atoms with E-state index in [0.29, 0.717) is 68.3 Å². The number of fused-ring (bicyclic) bond motifs is 1. The fourth-order valence-corrected chi connectivity index (χ4v) is 3.86. The van der Waals surface area contributed by atoms with Gasteiger partial charge in [0.05, 0.1) is 5.57 Å². The highest BCUT2D eigenvalue weighted by atomic mass is 79.9. The van der Waals surface area contributed by atoms with Crippen LogP contribution in [-0.4, -0.2) is 35.0 Å². The van der Waals surface area contributed by atoms with Crippen LogP contribution < -0.4 is 10.6 Å². The zero-order chi connectivity index (χ0) is 23.8. The minimum atomic E-state index is -0.307. The van der Waals surface area contributed by atoms with Gasteiger partial charge in [0.2, 0.25) is 11.8 Å². The summed E-state index contributed by atoms with van der Waals surface area (Å²) in [5, 5.41) is 17.8. The van der Waals surface area contributed by atoms with Gasteiger partial charge in [0, 0.05) is 42.4 Å². The van der Waals surface area contributed by atoms with Crippen LogP contribution in [0.3, 0.4) is 0 Å². The largest absolute Gasteiger partial charge is 0.368 e. The Morgan fingerprint density at radius 3 is 2.82 bits per heavy atom. The van der Waals surface area contributed by atoms with Crippen molar-refractivity contribution in [1.82, 2.24) is 20.8 Å². The van der Waals surface area contributed by atoms with Crippen molar-refractivity contribution in [3.63, 3.8) is 0 Å². The maximum Gasteiger partial charge on any atom is 0.295 e. The Morgan fingerprint density at radius 2 is 1.97 bits per heavy atom. The summed E-state index contributed by atoms with van der Waals surface area (Å²) in [6, 6.07) is 7.99. The predicted octanol–water partition coefficient (Wildman–Crippen LogP) is 3.93. The third-order valence-electron chi connectivity index (χ3n) is 5.35. The number of amides is 2. The molecule has 0 atom stereocenters. The van der Waals surface area contributed by atoms with Gasteiger partial charge < -0.3 is 15.2 Å². The Hall–Kier alpha value is -3.40. The molecular weight excluding hydrogens is 500 g/mol. The van der Waals surface area contributed by atoms with E-state index in [1.165, 1.54) is 0 Å². The molecule has 2 heterocycles. The SMILES string of the molecule is O=C(CCCc1nc(Cc2ccc(Br)cc2)no1)NCCCNC1=C2CC=CC=C2C(=O)N=N1. The Labute approximate surface area is 205 Å². The maximum absolute atomic E-state index is 12.1. The Kier molecular flexibility index (Phi) is 8.13. The maximum atomic E-state index is 12.1. The van der Waals surface area contributed by atoms with Gasteiger partial charge in [-0.2, -0.15) is 4.98 Å². The molecule has 1 aromatic heterocycles. The van der Waals surface area contributed by atoms with Gasteiger partial charge in [0.25, 0.3) is 5.91 Å². The number of carbonyl (C=O) groups is 2. The van der Waals surface area contributed by atoms with Crippen molar-refractivity contribution >= 4 is 27.7 Å². The lowest BCUT2D eigenvalue weighted by molar-refractivity contribution is -0.121. The Morgan fingerprint density at radius 1 is 1.12 bits per heavy atom. The van der Waals surface area contributed by atoms with E-state index in [1.54, 1.807) is 6.08 Å². The number of nitrogens with one attached hydrogen (secondary N) is 2. The van der Waals surface area contributed by atoms with E-state index in [-0.39, 0.29) is 11.8 Å². The molecule has 0 saturated heterocycles. The van der Waals surface area contributed by atoms with Crippen molar-refractivity contribution in [3.05, 3.63) is 81.2 Å². The van der Waals surface area contributed by atoms with Crippen molar-refractivity contribution in [1.29, 1.82) is 0 Å². The van der Waals surface area contributed by atoms with Gasteiger partial charge in [-0.1, -0.05) is 45.4 Å². The van der Waals surface area contributed by atoms with Crippen LogP contribution in [-0.2, 0) is 22.4 Å². The molecule has 0 fully saturated rings. The molecule has 176 valence electrons. The lowest BCUT2D eigenvalue weighted by atomic mass is 9.97. The van der Waals surface area contributed by atoms with Gasteiger partial charge in [0.15, 0.2) is 11.6 Å². The van der Waals surface area contributed by atoms with Crippen molar-refractivity contribution in [2.75, 3.05) is 13.1 Å². The van der Waals surface area contributed by atoms with Crippen LogP contribution in [0.15, 0.2) is 78.7 Å². The highest BCUT2D eigenvalue weighted by Gasteiger charge is 2.23. The molecule has 34 heavy (non-hydrogen) atoms. The summed E-state index contributed by atoms with van der Waals surface area (Å²) in [4.78, 5) is 28.3. The molecule has 2 aliphatic rings. The van der Waals surface area contributed by atoms with Crippen LogP contribution >= 0.6 is 15.9 Å². The first kappa shape index (κ1) is 23.7. The summed E-state index contributed by atoms with van der Waals surface area (Å²) in [5.41, 5.74) is 2.57. The second-order valence-electron chi connectivity index (χ2n) is 7.94. The number of benzene rings is 1. The monoisotopic (exact) mass is 524 g/mol. The summed E-state index contributed by atoms with van der Waals surface area (Å²) in [6.45, 7) is 1.16. The fourth-order valence-electron chi connectivity index (χ4n) is 3.60. The molecule has 10 heteroatoms. The highest BCUT2D eigenvalue weighted by Crippen LogP contribution is 2.27. The van der Waals surface area contributed by atoms with E-state index in [1.807, 2.05) is 36.4 Å². The molecule has 0 radical (unpaired) electrons. The average Bonchev–Trinajstić information content (AvgIpc) is 3.29. The third-order valence-corrected chi connectivity index (χ3v) is 5.88. The highest BCUT2D eigenvalue weighted by molar-refractivity contribution is 9.10. The predicted molar refractivity (Wildman–Crippen MR) is 129 cm³/mol. The molecule has 1 aliphatic heterocycles. The smallest absolute Gasteiger partial charge is 0.295 e. The third kappa shape index (κ3) is 6.57. The van der Waals surface area contributed by atoms with Gasteiger partial charge >= 0.3 is 0 Å². The van der Waals surface area contributed by atoms with Gasteiger partial charge in [-0.3, -0.25) is 9.59 Å². The normalized spacial score (nSPS) is 14.7. The first-order valence-corrected chi connectivity index (χ1v) is 12.0. The quantitative estimate of drug-likeness (QED) is 0.429. The van der Waals surface area contributed by atoms with E-state index in [9.17, 15) is 9.59 Å². The number of carbonyl (C=O) groups excluding carboxylic acids is 2. The van der Waals surface area contributed by atoms with Crippen LogP contribution in [0.25, 0.3) is 0 Å². The van der Waals surface area contributed by atoms with Crippen LogP contribution in [0.2, 0.25) is 0 Å². The van der Waals surface area contributed by atoms with Crippen molar-refractivity contribution in [2.24, 2.45) is 10.2 Å². The minimum absolute atomic E-state index is 0.0118. The van der Waals surface area contributed by atoms with E-state index in [4.69, 9.17) is 4.52 Å². The van der Waals surface area contributed by atoms with E-state index in [2.05, 4.69) is 46.9 Å². The summed E-state index contributed by atoms with van der Waals surface area (Å²) in [6.07, 6.45) is 9.17. The van der Waals surface area contributed by atoms with Gasteiger partial charge in [0.1, 0.15) is 0 Å². The first-order chi connectivity index (χ1) is 16.6. The van der Waals surface area contributed by atoms with Crippen LogP contribution in [0, 0.1) is 0 Å². The summed E-state index contributed by atoms with van der Waals surface area (Å²) >= 11 is 3.42. The van der Waals surface area contributed by atoms with Crippen molar-refractivity contribution in [3.8, 4) is 0 Å². The molecule has 0 spiro atoms. The van der Waals surface area contributed by atoms with Crippen LogP contribution in [0.4, 0.5) is 0 Å². The summed E-state index contributed by atoms with van der Waals surface area (Å²) < 4.78 is 6.32. The second kappa shape index (κ2) is 11.6. The summed E-state index contributed by atoms with van der Waals surface area (Å²) in [5.74, 6) is 1.49. The van der Waals surface area contributed by atoms with E-state index < -0.39 is 0 Å². The van der Waals surface area contributed by atoms with E-state index in [0.717, 1.165) is 22.0 Å². The average molecular weight is 525 g/mol. The number of aryl methyl sites for hydroxylation is 1. The molecule has 9 nitrogen and oxygen atoms in total. The Balaban J connectivity index is 1.10. The topological polar surface area (TPSA) is 122 Å². The van der Waals surface area contributed by atoms with Gasteiger partial charge in [-0.05, 0) is 43.0 Å². The lowest BCUT2D eigenvalue weighted by Gasteiger charge is -2.18. The number of allylic oxidation sites excluding steroid dienone is 3. The molecule has 0 bridgehead atoms. The second-order valence-corrected chi connectivity index (χ2v) is 8.85. The molecule has 2 amide bonds. The Bertz CT molecular complexity index is 1160. The summed E-state index contributed by atoms with van der Waals surface area (Å²) in [7, 11) is 0. The lowest BCUT2D eigenvalue weighted by Crippen LogP contribution is -2.27. The molecule has 0 saturated carbocycles. The zero-order valence-electron chi connectivity index (χ0n) is 18.6. The van der Waals surface area contributed by atoms with Crippen LogP contribution in [0.1, 0.15) is 43.0 Å². The molecule has 2 N–H and O–H groups in total. The van der Waals surface area contributed by atoms with Gasteiger partial charge in [-0.15, -0.1) is 10.2 Å². The minimum Gasteiger partial charge on any atom is -0.368 e. The molecular formula is C24H25BrN6O3. The zero-order valence-corrected chi connectivity index (χ0v) is 20.2. The number of aromatic nitrogens is 2. The van der Waals surface area contributed by atoms with Crippen molar-refractivity contribution in [2.45, 2.75) is 38.5 Å². The molecule has 2 aromatic rings. The van der Waals surface area contributed by atoms with E-state index >= 15 is 0 Å². The molecule has 1 aromatic carbocycles. The van der Waals surface area contributed by atoms with Crippen LogP contribution in [0.5, 0.6) is 0 Å². The number of hydrogen-bond acceptors (Lipinski definition) is 7. The standard InChI is InChI=1S/C24H25BrN6O3/c25-17-11-9-16(10-12-17)15-20-28-22(34-31-20)8-3-7-21(32)26-13-4-14-27-23-18-5-1-2-6-19(18)24(33)30-29-23/h1-2,6,9-12,27H,3-5,7-8,13-15H2,(H,26,32). The number of nitrogens with zero attached hydrogens (tertiary/aromatic N) is 4.